The highest BCUT2D eigenvalue weighted by Crippen LogP contribution is 2.36. The van der Waals surface area contributed by atoms with E-state index in [1.54, 1.807) is 29.5 Å². The van der Waals surface area contributed by atoms with Gasteiger partial charge in [-0.05, 0) is 44.0 Å². The molecule has 0 spiro atoms. The van der Waals surface area contributed by atoms with Crippen molar-refractivity contribution in [2.45, 2.75) is 20.3 Å². The van der Waals surface area contributed by atoms with Gasteiger partial charge in [-0.2, -0.15) is 5.26 Å². The molecule has 2 saturated heterocycles. The van der Waals surface area contributed by atoms with Crippen LogP contribution in [0, 0.1) is 18.3 Å². The van der Waals surface area contributed by atoms with E-state index in [0.29, 0.717) is 59.6 Å². The van der Waals surface area contributed by atoms with Crippen LogP contribution in [0.4, 0.5) is 11.5 Å². The van der Waals surface area contributed by atoms with Gasteiger partial charge in [-0.25, -0.2) is 0 Å². The minimum atomic E-state index is -0.332. The number of aromatic nitrogens is 1. The van der Waals surface area contributed by atoms with Gasteiger partial charge in [-0.3, -0.25) is 19.1 Å². The lowest BCUT2D eigenvalue weighted by molar-refractivity contribution is -0.122. The van der Waals surface area contributed by atoms with E-state index < -0.39 is 0 Å². The van der Waals surface area contributed by atoms with E-state index in [2.05, 4.69) is 28.0 Å². The predicted octanol–water partition coefficient (Wildman–Crippen LogP) is 3.52. The molecule has 37 heavy (non-hydrogen) atoms. The number of benzene rings is 1. The Kier molecular flexibility index (Phi) is 8.69. The summed E-state index contributed by atoms with van der Waals surface area (Å²) in [6.45, 7) is 8.39. The molecule has 0 bridgehead atoms. The Balaban J connectivity index is 1.66. The number of rotatable bonds is 8. The molecule has 194 valence electrons. The number of carbonyl (C=O) groups excluding carboxylic acids is 1. The van der Waals surface area contributed by atoms with Gasteiger partial charge in [-0.15, -0.1) is 0 Å². The number of hydrogen-bond acceptors (Lipinski definition) is 8. The van der Waals surface area contributed by atoms with Crippen LogP contribution in [0.15, 0.2) is 40.0 Å². The lowest BCUT2D eigenvalue weighted by Gasteiger charge is -2.38. The molecule has 1 amide bonds. The summed E-state index contributed by atoms with van der Waals surface area (Å²) < 4.78 is 7.44. The van der Waals surface area contributed by atoms with Gasteiger partial charge in [0.2, 0.25) is 0 Å². The summed E-state index contributed by atoms with van der Waals surface area (Å²) in [6.07, 6.45) is 2.50. The van der Waals surface area contributed by atoms with Crippen LogP contribution in [0.2, 0.25) is 0 Å². The lowest BCUT2D eigenvalue weighted by Crippen LogP contribution is -2.48. The van der Waals surface area contributed by atoms with Crippen molar-refractivity contribution in [3.63, 3.8) is 0 Å². The summed E-state index contributed by atoms with van der Waals surface area (Å²) in [5, 5.41) is 9.73. The number of pyridine rings is 1. The first kappa shape index (κ1) is 26.9. The molecule has 0 saturated carbocycles. The highest BCUT2D eigenvalue weighted by Gasteiger charge is 2.33. The number of para-hydroxylation sites is 1. The molecule has 2 aliphatic rings. The maximum atomic E-state index is 13.2. The first-order valence-electron chi connectivity index (χ1n) is 12.4. The Morgan fingerprint density at radius 2 is 1.81 bits per heavy atom. The molecule has 1 aromatic heterocycles. The number of carbonyl (C=O) groups is 1. The second-order valence-electron chi connectivity index (χ2n) is 8.91. The normalized spacial score (nSPS) is 17.1. The van der Waals surface area contributed by atoms with Gasteiger partial charge in [0, 0.05) is 64.2 Å². The highest BCUT2D eigenvalue weighted by molar-refractivity contribution is 8.26. The third-order valence-electron chi connectivity index (χ3n) is 6.69. The van der Waals surface area contributed by atoms with Gasteiger partial charge < -0.3 is 14.5 Å². The third kappa shape index (κ3) is 5.59. The number of thiocarbonyl (C=S) groups is 1. The molecule has 0 radical (unpaired) electrons. The lowest BCUT2D eigenvalue weighted by atomic mass is 10.0. The van der Waals surface area contributed by atoms with Gasteiger partial charge in [0.25, 0.3) is 11.5 Å². The van der Waals surface area contributed by atoms with Gasteiger partial charge in [0.05, 0.1) is 4.91 Å². The number of thioether (sulfide) groups is 1. The van der Waals surface area contributed by atoms with E-state index in [4.69, 9.17) is 17.0 Å². The largest absolute Gasteiger partial charge is 0.382 e. The van der Waals surface area contributed by atoms with Crippen LogP contribution in [0.1, 0.15) is 30.0 Å². The summed E-state index contributed by atoms with van der Waals surface area (Å²) in [7, 11) is 1.69. The second kappa shape index (κ2) is 11.9. The Morgan fingerprint density at radius 3 is 2.46 bits per heavy atom. The van der Waals surface area contributed by atoms with Crippen LogP contribution in [-0.4, -0.2) is 65.6 Å². The minimum absolute atomic E-state index is 0.0904. The molecule has 1 aromatic carbocycles. The van der Waals surface area contributed by atoms with Crippen molar-refractivity contribution in [1.82, 2.24) is 9.47 Å². The van der Waals surface area contributed by atoms with Gasteiger partial charge in [-0.1, -0.05) is 42.2 Å². The first-order valence-corrected chi connectivity index (χ1v) is 13.6. The van der Waals surface area contributed by atoms with E-state index in [9.17, 15) is 14.9 Å². The van der Waals surface area contributed by atoms with E-state index >= 15 is 0 Å². The summed E-state index contributed by atoms with van der Waals surface area (Å²) in [6, 6.07) is 12.3. The summed E-state index contributed by atoms with van der Waals surface area (Å²) in [5.41, 5.74) is 2.21. The average molecular weight is 538 g/mol. The molecule has 0 N–H and O–H groups in total. The number of anilines is 2. The van der Waals surface area contributed by atoms with Gasteiger partial charge in [0.15, 0.2) is 0 Å². The topological polar surface area (TPSA) is 81.8 Å². The average Bonchev–Trinajstić information content (AvgIpc) is 3.18. The molecule has 10 heteroatoms. The maximum absolute atomic E-state index is 13.2. The van der Waals surface area contributed by atoms with Crippen molar-refractivity contribution in [3.8, 4) is 6.07 Å². The zero-order chi connectivity index (χ0) is 26.5. The van der Waals surface area contributed by atoms with Crippen LogP contribution >= 0.6 is 24.0 Å². The number of amides is 1. The summed E-state index contributed by atoms with van der Waals surface area (Å²) in [4.78, 5) is 32.9. The molecule has 2 aliphatic heterocycles. The van der Waals surface area contributed by atoms with E-state index in [-0.39, 0.29) is 17.0 Å². The Bertz CT molecular complexity index is 1310. The van der Waals surface area contributed by atoms with Gasteiger partial charge >= 0.3 is 0 Å². The SMILES string of the molecule is CCOCCCN1C(=O)/C(=C/c2c(C)c(C#N)c(=O)n(C)c2N2CCN(c3ccccc3)CC2)SC1=S. The fourth-order valence-corrected chi connectivity index (χ4v) is 5.99. The number of piperazine rings is 1. The number of hydrogen-bond donors (Lipinski definition) is 0. The minimum Gasteiger partial charge on any atom is -0.382 e. The third-order valence-corrected chi connectivity index (χ3v) is 8.07. The molecule has 3 heterocycles. The summed E-state index contributed by atoms with van der Waals surface area (Å²) >= 11 is 6.75. The second-order valence-corrected chi connectivity index (χ2v) is 10.6. The van der Waals surface area contributed by atoms with Crippen molar-refractivity contribution < 1.29 is 9.53 Å². The predicted molar refractivity (Wildman–Crippen MR) is 153 cm³/mol. The fraction of sp³-hybridized carbons (Fsp3) is 0.407. The highest BCUT2D eigenvalue weighted by atomic mass is 32.2. The quantitative estimate of drug-likeness (QED) is 0.288. The molecule has 2 aromatic rings. The van der Waals surface area contributed by atoms with E-state index in [0.717, 1.165) is 18.9 Å². The van der Waals surface area contributed by atoms with E-state index in [1.807, 2.05) is 25.1 Å². The summed E-state index contributed by atoms with van der Waals surface area (Å²) in [5.74, 6) is 0.564. The maximum Gasteiger partial charge on any atom is 0.270 e. The molecule has 0 unspecified atom stereocenters. The smallest absolute Gasteiger partial charge is 0.270 e. The van der Waals surface area contributed by atoms with Crippen molar-refractivity contribution >= 4 is 51.8 Å². The standard InChI is InChI=1S/C27H31N5O3S2/c1-4-35-16-8-11-32-26(34)23(37-27(32)36)17-21-19(2)22(18-28)25(33)29(3)24(21)31-14-12-30(13-15-31)20-9-6-5-7-10-20/h5-7,9-10,17H,4,8,11-16H2,1-3H3/b23-17-. The van der Waals surface area contributed by atoms with Crippen LogP contribution in [0.25, 0.3) is 6.08 Å². The molecule has 4 rings (SSSR count). The van der Waals surface area contributed by atoms with Crippen molar-refractivity contribution in [3.05, 3.63) is 62.3 Å². The first-order chi connectivity index (χ1) is 17.9. The van der Waals surface area contributed by atoms with Crippen molar-refractivity contribution in [2.75, 3.05) is 55.7 Å². The van der Waals surface area contributed by atoms with Crippen molar-refractivity contribution in [2.24, 2.45) is 7.05 Å². The van der Waals surface area contributed by atoms with Crippen LogP contribution < -0.4 is 15.4 Å². The Morgan fingerprint density at radius 1 is 1.14 bits per heavy atom. The van der Waals surface area contributed by atoms with Gasteiger partial charge in [0.1, 0.15) is 21.8 Å². The number of nitrogens with zero attached hydrogens (tertiary/aromatic N) is 5. The molecular formula is C27H31N5O3S2. The molecule has 0 atom stereocenters. The van der Waals surface area contributed by atoms with Crippen LogP contribution in [0.5, 0.6) is 0 Å². The van der Waals surface area contributed by atoms with Crippen LogP contribution in [-0.2, 0) is 16.6 Å². The van der Waals surface area contributed by atoms with Crippen LogP contribution in [0.3, 0.4) is 0 Å². The van der Waals surface area contributed by atoms with Crippen molar-refractivity contribution in [1.29, 1.82) is 5.26 Å². The molecule has 2 fully saturated rings. The number of ether oxygens (including phenoxy) is 1. The monoisotopic (exact) mass is 537 g/mol. The molecular weight excluding hydrogens is 506 g/mol. The Labute approximate surface area is 227 Å². The zero-order valence-electron chi connectivity index (χ0n) is 21.4. The Hall–Kier alpha value is -3.13. The zero-order valence-corrected chi connectivity index (χ0v) is 23.0. The fourth-order valence-electron chi connectivity index (χ4n) is 4.70. The van der Waals surface area contributed by atoms with E-state index in [1.165, 1.54) is 17.4 Å². The molecule has 8 nitrogen and oxygen atoms in total. The number of nitriles is 1. The molecule has 0 aliphatic carbocycles.